The molecule has 1 saturated heterocycles. The van der Waals surface area contributed by atoms with Gasteiger partial charge in [-0.3, -0.25) is 4.99 Å². The molecule has 0 radical (unpaired) electrons. The highest BCUT2D eigenvalue weighted by molar-refractivity contribution is 6.05. The Hall–Kier alpha value is -1.94. The minimum Gasteiger partial charge on any atom is -0.359 e. The first-order chi connectivity index (χ1) is 12.2. The molecule has 1 aromatic carbocycles. The Labute approximate surface area is 149 Å². The summed E-state index contributed by atoms with van der Waals surface area (Å²) in [6, 6.07) is 6.92. The van der Waals surface area contributed by atoms with E-state index >= 15 is 0 Å². The molecule has 0 bridgehead atoms. The van der Waals surface area contributed by atoms with Crippen molar-refractivity contribution in [3.8, 4) is 0 Å². The molecule has 1 N–H and O–H groups in total. The third-order valence-corrected chi connectivity index (χ3v) is 5.91. The molecule has 4 rings (SSSR count). The van der Waals surface area contributed by atoms with Gasteiger partial charge in [-0.25, -0.2) is 4.39 Å². The second-order valence-corrected chi connectivity index (χ2v) is 7.50. The number of nitrogens with one attached hydrogen (secondary N) is 1. The van der Waals surface area contributed by atoms with Gasteiger partial charge in [-0.1, -0.05) is 12.1 Å². The lowest BCUT2D eigenvalue weighted by atomic mass is 9.81. The van der Waals surface area contributed by atoms with Crippen molar-refractivity contribution >= 4 is 5.71 Å². The van der Waals surface area contributed by atoms with Crippen LogP contribution in [-0.2, 0) is 6.42 Å². The number of allylic oxidation sites excluding steroid dienone is 2. The van der Waals surface area contributed by atoms with E-state index < -0.39 is 0 Å². The van der Waals surface area contributed by atoms with Crippen molar-refractivity contribution < 1.29 is 4.39 Å². The third kappa shape index (κ3) is 3.54. The van der Waals surface area contributed by atoms with E-state index in [1.807, 2.05) is 24.5 Å². The largest absolute Gasteiger partial charge is 0.359 e. The number of rotatable bonds is 4. The number of benzene rings is 1. The van der Waals surface area contributed by atoms with Crippen LogP contribution in [-0.4, -0.2) is 30.2 Å². The molecule has 1 atom stereocenters. The topological polar surface area (TPSA) is 27.6 Å². The fourth-order valence-electron chi connectivity index (χ4n) is 4.44. The van der Waals surface area contributed by atoms with E-state index in [-0.39, 0.29) is 5.82 Å². The van der Waals surface area contributed by atoms with Crippen LogP contribution < -0.4 is 5.32 Å². The summed E-state index contributed by atoms with van der Waals surface area (Å²) in [5, 5.41) is 3.38. The first-order valence-corrected chi connectivity index (χ1v) is 9.37. The monoisotopic (exact) mass is 339 g/mol. The Morgan fingerprint density at radius 2 is 1.96 bits per heavy atom. The van der Waals surface area contributed by atoms with Gasteiger partial charge in [-0.05, 0) is 74.9 Å². The molecule has 3 nitrogen and oxygen atoms in total. The molecule has 1 unspecified atom stereocenters. The summed E-state index contributed by atoms with van der Waals surface area (Å²) in [6.07, 6.45) is 8.48. The highest BCUT2D eigenvalue weighted by Crippen LogP contribution is 2.38. The van der Waals surface area contributed by atoms with Gasteiger partial charge in [0.25, 0.3) is 0 Å². The molecular formula is C21H26FN3. The average molecular weight is 339 g/mol. The van der Waals surface area contributed by atoms with Crippen LogP contribution in [0.5, 0.6) is 0 Å². The number of hydrogen-bond acceptors (Lipinski definition) is 3. The van der Waals surface area contributed by atoms with Crippen molar-refractivity contribution in [2.45, 2.75) is 32.6 Å². The van der Waals surface area contributed by atoms with Crippen molar-refractivity contribution in [2.24, 2.45) is 16.8 Å². The molecule has 4 heteroatoms. The van der Waals surface area contributed by atoms with Crippen LogP contribution in [0.15, 0.2) is 52.9 Å². The fourth-order valence-corrected chi connectivity index (χ4v) is 4.44. The van der Waals surface area contributed by atoms with E-state index in [4.69, 9.17) is 0 Å². The van der Waals surface area contributed by atoms with Gasteiger partial charge in [0.05, 0.1) is 11.4 Å². The maximum absolute atomic E-state index is 13.0. The summed E-state index contributed by atoms with van der Waals surface area (Å²) < 4.78 is 13.0. The normalized spacial score (nSPS) is 24.2. The van der Waals surface area contributed by atoms with E-state index in [0.717, 1.165) is 38.4 Å². The molecule has 1 fully saturated rings. The molecule has 0 saturated carbocycles. The number of nitrogens with zero attached hydrogens (tertiary/aromatic N) is 2. The molecule has 1 aliphatic carbocycles. The summed E-state index contributed by atoms with van der Waals surface area (Å²) in [5.74, 6) is 1.17. The quantitative estimate of drug-likeness (QED) is 0.901. The highest BCUT2D eigenvalue weighted by Gasteiger charge is 2.36. The lowest BCUT2D eigenvalue weighted by molar-refractivity contribution is 0.168. The summed E-state index contributed by atoms with van der Waals surface area (Å²) in [5.41, 5.74) is 5.22. The maximum Gasteiger partial charge on any atom is 0.123 e. The van der Waals surface area contributed by atoms with E-state index in [1.54, 1.807) is 12.1 Å². The molecule has 1 aromatic rings. The first kappa shape index (κ1) is 16.5. The number of piperidine rings is 1. The predicted molar refractivity (Wildman–Crippen MR) is 99.8 cm³/mol. The molecule has 0 spiro atoms. The summed E-state index contributed by atoms with van der Waals surface area (Å²) in [6.45, 7) is 5.62. The summed E-state index contributed by atoms with van der Waals surface area (Å²) in [4.78, 5) is 7.22. The first-order valence-electron chi connectivity index (χ1n) is 9.37. The van der Waals surface area contributed by atoms with Crippen molar-refractivity contribution in [3.05, 3.63) is 59.3 Å². The lowest BCUT2D eigenvalue weighted by Crippen LogP contribution is -2.38. The van der Waals surface area contributed by atoms with Gasteiger partial charge in [0.15, 0.2) is 0 Å². The van der Waals surface area contributed by atoms with Gasteiger partial charge in [0.1, 0.15) is 5.82 Å². The molecule has 2 heterocycles. The summed E-state index contributed by atoms with van der Waals surface area (Å²) in [7, 11) is 0. The summed E-state index contributed by atoms with van der Waals surface area (Å²) >= 11 is 0. The van der Waals surface area contributed by atoms with Crippen LogP contribution in [0.1, 0.15) is 31.7 Å². The predicted octanol–water partition coefficient (Wildman–Crippen LogP) is 3.89. The van der Waals surface area contributed by atoms with Gasteiger partial charge >= 0.3 is 0 Å². The van der Waals surface area contributed by atoms with E-state index in [1.165, 1.54) is 35.4 Å². The van der Waals surface area contributed by atoms with Crippen LogP contribution in [0, 0.1) is 17.7 Å². The van der Waals surface area contributed by atoms with Crippen LogP contribution in [0.2, 0.25) is 0 Å². The standard InChI is InChI=1S/C21H26FN3/c1-15-14-19(21-20(15)23-9-10-24-21)17-7-12-25(13-8-17)11-6-16-2-4-18(22)5-3-16/h2-5,9-10,17,19,23H,6-8,11-14H2,1H3. The number of likely N-dealkylation sites (tertiary alicyclic amines) is 1. The highest BCUT2D eigenvalue weighted by atomic mass is 19.1. The van der Waals surface area contributed by atoms with Gasteiger partial charge in [0, 0.05) is 24.9 Å². The minimum atomic E-state index is -0.153. The van der Waals surface area contributed by atoms with Crippen molar-refractivity contribution in [1.82, 2.24) is 10.2 Å². The van der Waals surface area contributed by atoms with Gasteiger partial charge in [-0.15, -0.1) is 0 Å². The van der Waals surface area contributed by atoms with E-state index in [2.05, 4.69) is 22.1 Å². The second kappa shape index (κ2) is 7.12. The Morgan fingerprint density at radius 3 is 2.72 bits per heavy atom. The zero-order valence-electron chi connectivity index (χ0n) is 14.8. The average Bonchev–Trinajstić information content (AvgIpc) is 2.99. The maximum atomic E-state index is 13.0. The SMILES string of the molecule is CC1=C2NC=CN=C2C(C2CCN(CCc3ccc(F)cc3)CC2)C1. The zero-order chi connectivity index (χ0) is 17.2. The van der Waals surface area contributed by atoms with E-state index in [0.29, 0.717) is 5.92 Å². The number of fused-ring (bicyclic) bond motifs is 1. The minimum absolute atomic E-state index is 0.153. The molecule has 25 heavy (non-hydrogen) atoms. The fraction of sp³-hybridized carbons (Fsp3) is 0.476. The number of aliphatic imine (C=N–C) groups is 1. The molecule has 2 aliphatic heterocycles. The Balaban J connectivity index is 1.29. The van der Waals surface area contributed by atoms with Crippen molar-refractivity contribution in [2.75, 3.05) is 19.6 Å². The third-order valence-electron chi connectivity index (χ3n) is 5.91. The number of halogens is 1. The molecule has 0 aromatic heterocycles. The Bertz CT molecular complexity index is 709. The van der Waals surface area contributed by atoms with Gasteiger partial charge < -0.3 is 10.2 Å². The van der Waals surface area contributed by atoms with Gasteiger partial charge in [-0.2, -0.15) is 0 Å². The molecule has 132 valence electrons. The van der Waals surface area contributed by atoms with Crippen LogP contribution >= 0.6 is 0 Å². The molecule has 0 amide bonds. The smallest absolute Gasteiger partial charge is 0.123 e. The van der Waals surface area contributed by atoms with Crippen LogP contribution in [0.4, 0.5) is 4.39 Å². The second-order valence-electron chi connectivity index (χ2n) is 7.50. The number of hydrogen-bond donors (Lipinski definition) is 1. The molecule has 3 aliphatic rings. The van der Waals surface area contributed by atoms with Gasteiger partial charge in [0.2, 0.25) is 0 Å². The van der Waals surface area contributed by atoms with Crippen LogP contribution in [0.3, 0.4) is 0 Å². The van der Waals surface area contributed by atoms with Crippen molar-refractivity contribution in [1.29, 1.82) is 0 Å². The van der Waals surface area contributed by atoms with Crippen LogP contribution in [0.25, 0.3) is 0 Å². The van der Waals surface area contributed by atoms with Crippen molar-refractivity contribution in [3.63, 3.8) is 0 Å². The van der Waals surface area contributed by atoms with E-state index in [9.17, 15) is 4.39 Å². The Kier molecular flexibility index (Phi) is 4.71. The molecular weight excluding hydrogens is 313 g/mol. The zero-order valence-corrected chi connectivity index (χ0v) is 14.8. The Morgan fingerprint density at radius 1 is 1.20 bits per heavy atom. The lowest BCUT2D eigenvalue weighted by Gasteiger charge is -2.35.